The van der Waals surface area contributed by atoms with Crippen LogP contribution in [0.2, 0.25) is 0 Å². The molecule has 0 saturated carbocycles. The van der Waals surface area contributed by atoms with E-state index in [4.69, 9.17) is 4.74 Å². The Morgan fingerprint density at radius 3 is 2.97 bits per heavy atom. The molecule has 0 spiro atoms. The number of methoxy groups -OCH3 is 1. The molecule has 1 aliphatic heterocycles. The van der Waals surface area contributed by atoms with Crippen LogP contribution in [0.25, 0.3) is 10.9 Å². The van der Waals surface area contributed by atoms with Gasteiger partial charge in [-0.25, -0.2) is 4.98 Å². The van der Waals surface area contributed by atoms with Crippen LogP contribution in [0.5, 0.6) is 5.75 Å². The first-order valence-corrected chi connectivity index (χ1v) is 13.5. The van der Waals surface area contributed by atoms with Crippen molar-refractivity contribution in [3.05, 3.63) is 47.6 Å². The molecule has 1 fully saturated rings. The fourth-order valence-corrected chi connectivity index (χ4v) is 6.56. The number of nitrogens with one attached hydrogen (secondary N) is 1. The molecule has 2 aromatic heterocycles. The number of fused-ring (bicyclic) bond motifs is 1. The normalized spacial score (nSPS) is 19.8. The highest BCUT2D eigenvalue weighted by atomic mass is 32.2. The molecule has 3 heterocycles. The predicted molar refractivity (Wildman–Crippen MR) is 138 cm³/mol. The number of hydrogen-bond donors (Lipinski definition) is 2. The molecule has 0 amide bonds. The highest BCUT2D eigenvalue weighted by Gasteiger charge is 2.34. The second-order valence-corrected chi connectivity index (χ2v) is 10.9. The number of nitrogens with zero attached hydrogens (tertiary/aromatic N) is 3. The van der Waals surface area contributed by atoms with Crippen LogP contribution in [0.1, 0.15) is 30.9 Å². The Bertz CT molecular complexity index is 1080. The number of carboxylic acid groups (broad SMARTS) is 1. The number of likely N-dealkylation sites (tertiary alicyclic amines) is 1. The lowest BCUT2D eigenvalue weighted by Crippen LogP contribution is -2.44. The van der Waals surface area contributed by atoms with Crippen molar-refractivity contribution in [1.29, 1.82) is 0 Å². The fourth-order valence-electron chi connectivity index (χ4n) is 4.85. The second-order valence-electron chi connectivity index (χ2n) is 8.64. The molecule has 1 saturated heterocycles. The van der Waals surface area contributed by atoms with E-state index in [1.54, 1.807) is 30.2 Å². The smallest absolute Gasteiger partial charge is 0.308 e. The number of thiazole rings is 1. The minimum Gasteiger partial charge on any atom is -0.497 e. The van der Waals surface area contributed by atoms with Crippen molar-refractivity contribution in [3.8, 4) is 5.75 Å². The summed E-state index contributed by atoms with van der Waals surface area (Å²) in [4.78, 5) is 23.2. The number of rotatable bonds is 11. The molecular formula is C25H32N4O3S2. The molecule has 3 aromatic rings. The topological polar surface area (TPSA) is 87.6 Å². The van der Waals surface area contributed by atoms with Crippen LogP contribution in [0.3, 0.4) is 0 Å². The summed E-state index contributed by atoms with van der Waals surface area (Å²) < 4.78 is 6.50. The van der Waals surface area contributed by atoms with Crippen LogP contribution in [0, 0.1) is 11.8 Å². The van der Waals surface area contributed by atoms with Gasteiger partial charge in [0, 0.05) is 48.0 Å². The molecule has 182 valence electrons. The molecule has 1 aliphatic rings. The van der Waals surface area contributed by atoms with E-state index in [1.807, 2.05) is 43.0 Å². The summed E-state index contributed by atoms with van der Waals surface area (Å²) in [6, 6.07) is 8.12. The minimum absolute atomic E-state index is 0.125. The first-order chi connectivity index (χ1) is 16.6. The Labute approximate surface area is 208 Å². The molecular weight excluding hydrogens is 468 g/mol. The van der Waals surface area contributed by atoms with E-state index in [-0.39, 0.29) is 17.9 Å². The number of hydrogen-bond acceptors (Lipinski definition) is 8. The van der Waals surface area contributed by atoms with E-state index in [9.17, 15) is 9.90 Å². The van der Waals surface area contributed by atoms with Gasteiger partial charge in [0.25, 0.3) is 0 Å². The van der Waals surface area contributed by atoms with E-state index in [1.165, 1.54) is 5.56 Å². The predicted octanol–water partition coefficient (Wildman–Crippen LogP) is 4.56. The summed E-state index contributed by atoms with van der Waals surface area (Å²) in [6.07, 6.45) is 6.33. The third kappa shape index (κ3) is 6.07. The zero-order valence-corrected chi connectivity index (χ0v) is 21.3. The second kappa shape index (κ2) is 12.0. The van der Waals surface area contributed by atoms with Crippen LogP contribution in [0.15, 0.2) is 46.4 Å². The highest BCUT2D eigenvalue weighted by Crippen LogP contribution is 2.34. The van der Waals surface area contributed by atoms with Gasteiger partial charge < -0.3 is 20.1 Å². The van der Waals surface area contributed by atoms with Crippen LogP contribution < -0.4 is 10.1 Å². The maximum atomic E-state index is 12.1. The van der Waals surface area contributed by atoms with Gasteiger partial charge in [-0.3, -0.25) is 9.78 Å². The Morgan fingerprint density at radius 2 is 2.24 bits per heavy atom. The van der Waals surface area contributed by atoms with Gasteiger partial charge >= 0.3 is 5.97 Å². The Hall–Kier alpha value is -2.20. The molecule has 2 N–H and O–H groups in total. The summed E-state index contributed by atoms with van der Waals surface area (Å²) in [5, 5.41) is 16.5. The van der Waals surface area contributed by atoms with Crippen LogP contribution >= 0.6 is 23.1 Å². The number of benzene rings is 1. The molecule has 1 unspecified atom stereocenters. The van der Waals surface area contributed by atoms with Crippen molar-refractivity contribution < 1.29 is 14.6 Å². The summed E-state index contributed by atoms with van der Waals surface area (Å²) in [5.74, 6) is 0.917. The van der Waals surface area contributed by atoms with Crippen molar-refractivity contribution in [3.63, 3.8) is 0 Å². The molecule has 7 nitrogen and oxygen atoms in total. The number of ether oxygens (including phenoxy) is 1. The SMILES string of the molecule is CNC(CC[C@@H]1CCN(CCSc2nccs2)C[C@@H]1C(=O)O)c1ccnc2ccc(OC)cc12. The van der Waals surface area contributed by atoms with E-state index in [0.717, 1.165) is 59.1 Å². The summed E-state index contributed by atoms with van der Waals surface area (Å²) in [5.41, 5.74) is 2.11. The lowest BCUT2D eigenvalue weighted by atomic mass is 9.81. The van der Waals surface area contributed by atoms with Crippen molar-refractivity contribution in [1.82, 2.24) is 20.2 Å². The van der Waals surface area contributed by atoms with E-state index in [2.05, 4.69) is 26.3 Å². The number of carbonyl (C=O) groups is 1. The lowest BCUT2D eigenvalue weighted by Gasteiger charge is -2.37. The average Bonchev–Trinajstić information content (AvgIpc) is 3.38. The third-order valence-corrected chi connectivity index (χ3v) is 8.68. The molecule has 34 heavy (non-hydrogen) atoms. The quantitative estimate of drug-likeness (QED) is 0.371. The van der Waals surface area contributed by atoms with Gasteiger partial charge in [-0.2, -0.15) is 0 Å². The van der Waals surface area contributed by atoms with Gasteiger partial charge in [-0.05, 0) is 68.6 Å². The summed E-state index contributed by atoms with van der Waals surface area (Å²) in [6.45, 7) is 2.47. The van der Waals surface area contributed by atoms with Crippen molar-refractivity contribution in [2.24, 2.45) is 11.8 Å². The first-order valence-electron chi connectivity index (χ1n) is 11.7. The summed E-state index contributed by atoms with van der Waals surface area (Å²) in [7, 11) is 3.64. The minimum atomic E-state index is -0.678. The van der Waals surface area contributed by atoms with Crippen LogP contribution in [-0.4, -0.2) is 65.5 Å². The number of thioether (sulfide) groups is 1. The zero-order chi connectivity index (χ0) is 23.9. The largest absolute Gasteiger partial charge is 0.497 e. The average molecular weight is 501 g/mol. The highest BCUT2D eigenvalue weighted by molar-refractivity contribution is 8.01. The fraction of sp³-hybridized carbons (Fsp3) is 0.480. The van der Waals surface area contributed by atoms with Gasteiger partial charge in [0.15, 0.2) is 0 Å². The van der Waals surface area contributed by atoms with Gasteiger partial charge in [0.2, 0.25) is 0 Å². The number of aromatic nitrogens is 2. The van der Waals surface area contributed by atoms with E-state index < -0.39 is 5.97 Å². The molecule has 0 aliphatic carbocycles. The zero-order valence-electron chi connectivity index (χ0n) is 19.6. The van der Waals surface area contributed by atoms with Gasteiger partial charge in [0.05, 0.1) is 18.5 Å². The standard InChI is InChI=1S/C25H32N4O3S2/c1-26-22(19-7-9-27-23-6-4-18(32-2)15-20(19)23)5-3-17-8-11-29(16-21(17)24(30)31)12-14-34-25-28-10-13-33-25/h4,6-7,9-10,13,15,17,21-22,26H,3,5,8,11-12,14,16H2,1-2H3,(H,30,31)/t17-,21+,22?/m1/s1. The molecule has 9 heteroatoms. The van der Waals surface area contributed by atoms with Crippen molar-refractivity contribution >= 4 is 40.0 Å². The van der Waals surface area contributed by atoms with Crippen LogP contribution in [0.4, 0.5) is 0 Å². The Balaban J connectivity index is 1.38. The molecule has 0 radical (unpaired) electrons. The van der Waals surface area contributed by atoms with E-state index >= 15 is 0 Å². The van der Waals surface area contributed by atoms with Gasteiger partial charge in [0.1, 0.15) is 10.1 Å². The maximum Gasteiger partial charge on any atom is 0.308 e. The number of aliphatic carboxylic acids is 1. The first kappa shape index (κ1) is 24.9. The van der Waals surface area contributed by atoms with Gasteiger partial charge in [-0.1, -0.05) is 11.8 Å². The number of pyridine rings is 1. The molecule has 4 rings (SSSR count). The molecule has 1 aromatic carbocycles. The summed E-state index contributed by atoms with van der Waals surface area (Å²) >= 11 is 3.40. The monoisotopic (exact) mass is 500 g/mol. The van der Waals surface area contributed by atoms with Crippen LogP contribution in [-0.2, 0) is 4.79 Å². The molecule has 3 atom stereocenters. The van der Waals surface area contributed by atoms with Crippen molar-refractivity contribution in [2.75, 3.05) is 39.5 Å². The third-order valence-electron chi connectivity index (χ3n) is 6.73. The Kier molecular flexibility index (Phi) is 8.77. The number of carboxylic acids is 1. The van der Waals surface area contributed by atoms with Gasteiger partial charge in [-0.15, -0.1) is 11.3 Å². The number of piperidine rings is 1. The maximum absolute atomic E-state index is 12.1. The lowest BCUT2D eigenvalue weighted by molar-refractivity contribution is -0.146. The Morgan fingerprint density at radius 1 is 1.35 bits per heavy atom. The van der Waals surface area contributed by atoms with E-state index in [0.29, 0.717) is 6.54 Å². The molecule has 0 bridgehead atoms. The van der Waals surface area contributed by atoms with Crippen molar-refractivity contribution in [2.45, 2.75) is 29.6 Å².